The Kier molecular flexibility index (Phi) is 6.60. The third kappa shape index (κ3) is 4.58. The van der Waals surface area contributed by atoms with E-state index in [1.165, 1.54) is 0 Å². The van der Waals surface area contributed by atoms with E-state index in [9.17, 15) is 4.79 Å². The quantitative estimate of drug-likeness (QED) is 0.516. The highest BCUT2D eigenvalue weighted by molar-refractivity contribution is 7.99. The van der Waals surface area contributed by atoms with Gasteiger partial charge in [0.25, 0.3) is 5.91 Å². The summed E-state index contributed by atoms with van der Waals surface area (Å²) in [4.78, 5) is 11.9. The van der Waals surface area contributed by atoms with Gasteiger partial charge in [0, 0.05) is 24.6 Å². The molecule has 5 heteroatoms. The number of carbonyl (C=O) groups excluding carboxylic acids is 1. The number of thioether (sulfide) groups is 1. The van der Waals surface area contributed by atoms with Crippen LogP contribution >= 0.6 is 11.8 Å². The maximum atomic E-state index is 11.9. The smallest absolute Gasteiger partial charge is 0.253 e. The van der Waals surface area contributed by atoms with Crippen molar-refractivity contribution in [3.05, 3.63) is 29.3 Å². The van der Waals surface area contributed by atoms with E-state index in [4.69, 9.17) is 10.8 Å². The average molecular weight is 268 g/mol. The molecule has 0 aliphatic heterocycles. The molecule has 0 spiro atoms. The standard InChI is InChI=1S/C13H20N2O2S/c1-10-4-2-5-11(12(10)14)13(17)15-6-9-18-8-3-7-16/h2,4-5,16H,3,6-9,14H2,1H3,(H,15,17). The molecule has 100 valence electrons. The Morgan fingerprint density at radius 1 is 1.44 bits per heavy atom. The SMILES string of the molecule is Cc1cccc(C(=O)NCCSCCCO)c1N. The van der Waals surface area contributed by atoms with E-state index in [-0.39, 0.29) is 12.5 Å². The second-order valence-electron chi connectivity index (χ2n) is 3.98. The summed E-state index contributed by atoms with van der Waals surface area (Å²) in [5.41, 5.74) is 7.86. The van der Waals surface area contributed by atoms with E-state index < -0.39 is 0 Å². The first-order valence-electron chi connectivity index (χ1n) is 5.98. The lowest BCUT2D eigenvalue weighted by Crippen LogP contribution is -2.26. The van der Waals surface area contributed by atoms with Crippen LogP contribution in [0.3, 0.4) is 0 Å². The topological polar surface area (TPSA) is 75.3 Å². The fourth-order valence-electron chi connectivity index (χ4n) is 1.48. The molecule has 0 radical (unpaired) electrons. The number of rotatable bonds is 7. The number of benzene rings is 1. The molecule has 0 saturated heterocycles. The Morgan fingerprint density at radius 2 is 2.22 bits per heavy atom. The number of aliphatic hydroxyl groups is 1. The van der Waals surface area contributed by atoms with Gasteiger partial charge in [-0.25, -0.2) is 0 Å². The Balaban J connectivity index is 2.35. The molecule has 0 unspecified atom stereocenters. The van der Waals surface area contributed by atoms with Crippen molar-refractivity contribution in [2.45, 2.75) is 13.3 Å². The van der Waals surface area contributed by atoms with E-state index in [1.54, 1.807) is 17.8 Å². The normalized spacial score (nSPS) is 10.3. The Bertz CT molecular complexity index is 397. The molecule has 0 atom stereocenters. The van der Waals surface area contributed by atoms with E-state index in [1.807, 2.05) is 19.1 Å². The lowest BCUT2D eigenvalue weighted by molar-refractivity contribution is 0.0957. The van der Waals surface area contributed by atoms with Gasteiger partial charge >= 0.3 is 0 Å². The van der Waals surface area contributed by atoms with Crippen LogP contribution in [0.1, 0.15) is 22.3 Å². The maximum Gasteiger partial charge on any atom is 0.253 e. The van der Waals surface area contributed by atoms with Crippen LogP contribution in [0.15, 0.2) is 18.2 Å². The van der Waals surface area contributed by atoms with Crippen molar-refractivity contribution in [2.24, 2.45) is 0 Å². The molecule has 4 nitrogen and oxygen atoms in total. The number of nitrogens with one attached hydrogen (secondary N) is 1. The second kappa shape index (κ2) is 8.00. The van der Waals surface area contributed by atoms with Crippen LogP contribution in [0.5, 0.6) is 0 Å². The molecule has 18 heavy (non-hydrogen) atoms. The molecule has 0 aliphatic carbocycles. The Morgan fingerprint density at radius 3 is 2.94 bits per heavy atom. The van der Waals surface area contributed by atoms with Crippen LogP contribution in [0, 0.1) is 6.92 Å². The molecule has 1 aromatic carbocycles. The number of aliphatic hydroxyl groups excluding tert-OH is 1. The van der Waals surface area contributed by atoms with Crippen molar-refractivity contribution in [3.8, 4) is 0 Å². The van der Waals surface area contributed by atoms with Gasteiger partial charge < -0.3 is 16.2 Å². The Hall–Kier alpha value is -1.20. The van der Waals surface area contributed by atoms with Gasteiger partial charge in [-0.2, -0.15) is 11.8 Å². The van der Waals surface area contributed by atoms with E-state index in [0.29, 0.717) is 17.8 Å². The molecule has 0 aromatic heterocycles. The van der Waals surface area contributed by atoms with Crippen LogP contribution in [0.2, 0.25) is 0 Å². The number of nitrogen functional groups attached to an aromatic ring is 1. The fourth-order valence-corrected chi connectivity index (χ4v) is 2.26. The summed E-state index contributed by atoms with van der Waals surface area (Å²) >= 11 is 1.72. The summed E-state index contributed by atoms with van der Waals surface area (Å²) < 4.78 is 0. The van der Waals surface area contributed by atoms with Gasteiger partial charge in [-0.05, 0) is 30.7 Å². The second-order valence-corrected chi connectivity index (χ2v) is 5.21. The highest BCUT2D eigenvalue weighted by Gasteiger charge is 2.09. The van der Waals surface area contributed by atoms with Gasteiger partial charge in [-0.1, -0.05) is 12.1 Å². The number of para-hydroxylation sites is 1. The number of hydrogen-bond acceptors (Lipinski definition) is 4. The molecule has 0 fully saturated rings. The van der Waals surface area contributed by atoms with Crippen molar-refractivity contribution < 1.29 is 9.90 Å². The molecular weight excluding hydrogens is 248 g/mol. The molecule has 4 N–H and O–H groups in total. The molecular formula is C13H20N2O2S. The summed E-state index contributed by atoms with van der Waals surface area (Å²) in [5.74, 6) is 1.63. The lowest BCUT2D eigenvalue weighted by Gasteiger charge is -2.09. The summed E-state index contributed by atoms with van der Waals surface area (Å²) in [6.45, 7) is 2.72. The summed E-state index contributed by atoms with van der Waals surface area (Å²) in [7, 11) is 0. The van der Waals surface area contributed by atoms with Crippen molar-refractivity contribution in [1.82, 2.24) is 5.32 Å². The average Bonchev–Trinajstić information content (AvgIpc) is 2.36. The summed E-state index contributed by atoms with van der Waals surface area (Å²) in [6, 6.07) is 5.45. The van der Waals surface area contributed by atoms with Gasteiger partial charge in [0.1, 0.15) is 0 Å². The van der Waals surface area contributed by atoms with Crippen LogP contribution < -0.4 is 11.1 Å². The molecule has 0 aliphatic rings. The lowest BCUT2D eigenvalue weighted by atomic mass is 10.1. The van der Waals surface area contributed by atoms with Gasteiger partial charge in [0.2, 0.25) is 0 Å². The molecule has 0 heterocycles. The van der Waals surface area contributed by atoms with Crippen LogP contribution in [-0.4, -0.2) is 35.7 Å². The summed E-state index contributed by atoms with van der Waals surface area (Å²) in [6.07, 6.45) is 0.795. The van der Waals surface area contributed by atoms with E-state index >= 15 is 0 Å². The number of hydrogen-bond donors (Lipinski definition) is 3. The van der Waals surface area contributed by atoms with Crippen LogP contribution in [-0.2, 0) is 0 Å². The van der Waals surface area contributed by atoms with Crippen LogP contribution in [0.25, 0.3) is 0 Å². The van der Waals surface area contributed by atoms with Gasteiger partial charge in [-0.3, -0.25) is 4.79 Å². The minimum atomic E-state index is -0.126. The predicted molar refractivity (Wildman–Crippen MR) is 77.0 cm³/mol. The number of nitrogens with two attached hydrogens (primary N) is 1. The number of anilines is 1. The van der Waals surface area contributed by atoms with Crippen molar-refractivity contribution in [3.63, 3.8) is 0 Å². The first-order valence-corrected chi connectivity index (χ1v) is 7.14. The van der Waals surface area contributed by atoms with E-state index in [2.05, 4.69) is 5.32 Å². The minimum absolute atomic E-state index is 0.126. The van der Waals surface area contributed by atoms with Gasteiger partial charge in [0.05, 0.1) is 5.56 Å². The fraction of sp³-hybridized carbons (Fsp3) is 0.462. The predicted octanol–water partition coefficient (Wildman–Crippen LogP) is 1.42. The highest BCUT2D eigenvalue weighted by Crippen LogP contribution is 2.16. The van der Waals surface area contributed by atoms with Crippen molar-refractivity contribution in [1.29, 1.82) is 0 Å². The Labute approximate surface area is 112 Å². The van der Waals surface area contributed by atoms with Crippen molar-refractivity contribution in [2.75, 3.05) is 30.4 Å². The monoisotopic (exact) mass is 268 g/mol. The maximum absolute atomic E-state index is 11.9. The first kappa shape index (κ1) is 14.9. The molecule has 0 saturated carbocycles. The minimum Gasteiger partial charge on any atom is -0.398 e. The summed E-state index contributed by atoms with van der Waals surface area (Å²) in [5, 5.41) is 11.5. The third-order valence-corrected chi connectivity index (χ3v) is 3.62. The van der Waals surface area contributed by atoms with Crippen LogP contribution in [0.4, 0.5) is 5.69 Å². The number of amides is 1. The molecule has 1 amide bonds. The third-order valence-electron chi connectivity index (χ3n) is 2.55. The molecule has 1 rings (SSSR count). The molecule has 1 aromatic rings. The van der Waals surface area contributed by atoms with Gasteiger partial charge in [-0.15, -0.1) is 0 Å². The zero-order chi connectivity index (χ0) is 13.4. The van der Waals surface area contributed by atoms with E-state index in [0.717, 1.165) is 23.5 Å². The highest BCUT2D eigenvalue weighted by atomic mass is 32.2. The first-order chi connectivity index (χ1) is 8.66. The molecule has 0 bridgehead atoms. The zero-order valence-electron chi connectivity index (χ0n) is 10.6. The largest absolute Gasteiger partial charge is 0.398 e. The number of aryl methyl sites for hydroxylation is 1. The van der Waals surface area contributed by atoms with Gasteiger partial charge in [0.15, 0.2) is 0 Å². The number of carbonyl (C=O) groups is 1. The van der Waals surface area contributed by atoms with Crippen molar-refractivity contribution >= 4 is 23.4 Å². The zero-order valence-corrected chi connectivity index (χ0v) is 11.4.